The van der Waals surface area contributed by atoms with Crippen molar-refractivity contribution in [3.05, 3.63) is 22.1 Å². The summed E-state index contributed by atoms with van der Waals surface area (Å²) in [6.45, 7) is 4.84. The molecule has 0 bridgehead atoms. The number of Topliss-reactive ketones (excluding diaryl/α,β-unsaturated/α-hetero) is 1. The summed E-state index contributed by atoms with van der Waals surface area (Å²) in [4.78, 5) is 33.0. The molecule has 1 rings (SSSR count). The maximum atomic E-state index is 11.4. The van der Waals surface area contributed by atoms with Gasteiger partial charge in [0.1, 0.15) is 11.5 Å². The van der Waals surface area contributed by atoms with E-state index < -0.39 is 18.0 Å². The average molecular weight is 271 g/mol. The Morgan fingerprint density at radius 3 is 2.58 bits per heavy atom. The smallest absolute Gasteiger partial charge is 0.450 e. The molecule has 1 heterocycles. The Kier molecular flexibility index (Phi) is 5.35. The Morgan fingerprint density at radius 1 is 1.37 bits per heavy atom. The first-order valence-corrected chi connectivity index (χ1v) is 5.93. The number of hydrogen-bond donors (Lipinski definition) is 1. The maximum absolute atomic E-state index is 11.4. The minimum Gasteiger partial charge on any atom is -0.450 e. The zero-order valence-electron chi connectivity index (χ0n) is 11.1. The number of ether oxygens (including phenoxy) is 1. The molecule has 1 aromatic rings. The first-order valence-electron chi connectivity index (χ1n) is 5.93. The summed E-state index contributed by atoms with van der Waals surface area (Å²) in [5.41, 5.74) is 0. The number of ketones is 1. The predicted octanol–water partition coefficient (Wildman–Crippen LogP) is 1.70. The zero-order chi connectivity index (χ0) is 14.4. The van der Waals surface area contributed by atoms with Gasteiger partial charge in [-0.15, -0.1) is 0 Å². The second-order valence-corrected chi connectivity index (χ2v) is 4.18. The summed E-state index contributed by atoms with van der Waals surface area (Å²) >= 11 is 0. The first kappa shape index (κ1) is 15.0. The molecule has 0 aliphatic heterocycles. The van der Waals surface area contributed by atoms with Crippen molar-refractivity contribution in [1.82, 2.24) is 5.32 Å². The van der Waals surface area contributed by atoms with Crippen molar-refractivity contribution in [2.45, 2.75) is 39.7 Å². The second kappa shape index (κ2) is 6.77. The van der Waals surface area contributed by atoms with Crippen LogP contribution in [0.1, 0.15) is 44.3 Å². The maximum Gasteiger partial charge on any atom is 0.519 e. The van der Waals surface area contributed by atoms with Crippen LogP contribution in [0.2, 0.25) is 0 Å². The zero-order valence-corrected chi connectivity index (χ0v) is 11.1. The third-order valence-electron chi connectivity index (χ3n) is 2.41. The van der Waals surface area contributed by atoms with Crippen LogP contribution < -0.4 is 11.1 Å². The molecule has 0 spiro atoms. The molecule has 19 heavy (non-hydrogen) atoms. The number of rotatable bonds is 6. The lowest BCUT2D eigenvalue weighted by Crippen LogP contribution is -2.28. The van der Waals surface area contributed by atoms with Gasteiger partial charge in [0.2, 0.25) is 0 Å². The van der Waals surface area contributed by atoms with E-state index in [0.29, 0.717) is 18.6 Å². The van der Waals surface area contributed by atoms with Crippen LogP contribution in [-0.4, -0.2) is 18.5 Å². The van der Waals surface area contributed by atoms with E-state index in [-0.39, 0.29) is 18.2 Å². The van der Waals surface area contributed by atoms with Crippen LogP contribution in [0.15, 0.2) is 13.6 Å². The van der Waals surface area contributed by atoms with Crippen LogP contribution in [0.5, 0.6) is 0 Å². The minimum absolute atomic E-state index is 0.0492. The molecule has 1 N–H and O–H groups in total. The Bertz CT molecular complexity index is 501. The van der Waals surface area contributed by atoms with E-state index >= 15 is 0 Å². The Morgan fingerprint density at radius 2 is 2.05 bits per heavy atom. The Balaban J connectivity index is 2.38. The van der Waals surface area contributed by atoms with Crippen molar-refractivity contribution in [2.24, 2.45) is 0 Å². The summed E-state index contributed by atoms with van der Waals surface area (Å²) in [5, 5.41) is 2.50. The molecular weight excluding hydrogens is 254 g/mol. The van der Waals surface area contributed by atoms with Crippen molar-refractivity contribution < 1.29 is 23.2 Å². The number of nitrogens with one attached hydrogen (secondary N) is 1. The van der Waals surface area contributed by atoms with Crippen molar-refractivity contribution in [2.75, 3.05) is 6.61 Å². The molecule has 0 unspecified atom stereocenters. The van der Waals surface area contributed by atoms with E-state index in [2.05, 4.69) is 5.32 Å². The fourth-order valence-electron chi connectivity index (χ4n) is 1.52. The van der Waals surface area contributed by atoms with Gasteiger partial charge in [-0.2, -0.15) is 0 Å². The fourth-order valence-corrected chi connectivity index (χ4v) is 1.52. The van der Waals surface area contributed by atoms with E-state index in [9.17, 15) is 14.4 Å². The highest BCUT2D eigenvalue weighted by Gasteiger charge is 2.18. The van der Waals surface area contributed by atoms with E-state index in [4.69, 9.17) is 13.6 Å². The molecule has 0 radical (unpaired) electrons. The van der Waals surface area contributed by atoms with Crippen LogP contribution in [0.4, 0.5) is 4.79 Å². The predicted molar refractivity (Wildman–Crippen MR) is 64.8 cm³/mol. The van der Waals surface area contributed by atoms with E-state index in [1.54, 1.807) is 13.8 Å². The summed E-state index contributed by atoms with van der Waals surface area (Å²) in [6.07, 6.45) is 0.217. The van der Waals surface area contributed by atoms with Gasteiger partial charge in [-0.1, -0.05) is 0 Å². The van der Waals surface area contributed by atoms with Gasteiger partial charge in [0.25, 0.3) is 0 Å². The summed E-state index contributed by atoms with van der Waals surface area (Å²) in [5.74, 6) is -0.191. The van der Waals surface area contributed by atoms with Crippen LogP contribution >= 0.6 is 0 Å². The van der Waals surface area contributed by atoms with Gasteiger partial charge in [0, 0.05) is 6.42 Å². The van der Waals surface area contributed by atoms with Crippen molar-refractivity contribution in [3.8, 4) is 0 Å². The van der Waals surface area contributed by atoms with E-state index in [0.717, 1.165) is 0 Å². The lowest BCUT2D eigenvalue weighted by molar-refractivity contribution is -0.117. The molecule has 0 aromatic carbocycles. The largest absolute Gasteiger partial charge is 0.519 e. The molecule has 7 heteroatoms. The van der Waals surface area contributed by atoms with Gasteiger partial charge < -0.3 is 23.7 Å². The van der Waals surface area contributed by atoms with Gasteiger partial charge in [-0.25, -0.2) is 9.59 Å². The lowest BCUT2D eigenvalue weighted by atomic mass is 10.2. The van der Waals surface area contributed by atoms with Gasteiger partial charge >= 0.3 is 11.9 Å². The topological polar surface area (TPSA) is 98.8 Å². The van der Waals surface area contributed by atoms with Gasteiger partial charge in [0.05, 0.1) is 12.6 Å². The van der Waals surface area contributed by atoms with E-state index in [1.165, 1.54) is 6.92 Å². The molecule has 1 amide bonds. The summed E-state index contributed by atoms with van der Waals surface area (Å²) in [6, 6.07) is -0.535. The van der Waals surface area contributed by atoms with Crippen molar-refractivity contribution in [3.63, 3.8) is 0 Å². The third-order valence-corrected chi connectivity index (χ3v) is 2.41. The van der Waals surface area contributed by atoms with Gasteiger partial charge in [0.15, 0.2) is 5.76 Å². The summed E-state index contributed by atoms with van der Waals surface area (Å²) in [7, 11) is 0. The SMILES string of the molecule is CC(=O)CCCOC(=O)N[C@@H](C)c1oc(=O)oc1C. The molecule has 0 aliphatic carbocycles. The highest BCUT2D eigenvalue weighted by Crippen LogP contribution is 2.15. The fraction of sp³-hybridized carbons (Fsp3) is 0.583. The van der Waals surface area contributed by atoms with Crippen molar-refractivity contribution in [1.29, 1.82) is 0 Å². The van der Waals surface area contributed by atoms with E-state index in [1.807, 2.05) is 0 Å². The molecule has 0 saturated heterocycles. The molecule has 7 nitrogen and oxygen atoms in total. The van der Waals surface area contributed by atoms with Gasteiger partial charge in [-0.3, -0.25) is 0 Å². The number of carbonyl (C=O) groups excluding carboxylic acids is 2. The number of hydrogen-bond acceptors (Lipinski definition) is 6. The molecule has 0 fully saturated rings. The summed E-state index contributed by atoms with van der Waals surface area (Å²) < 4.78 is 14.4. The number of amides is 1. The standard InChI is InChI=1S/C12H17NO6/c1-7(14)5-4-6-17-11(15)13-8(2)10-9(3)18-12(16)19-10/h8H,4-6H2,1-3H3,(H,13,15)/t8-/m0/s1. The number of aryl methyl sites for hydroxylation is 1. The van der Waals surface area contributed by atoms with Crippen LogP contribution in [-0.2, 0) is 9.53 Å². The number of alkyl carbamates (subject to hydrolysis) is 1. The molecular formula is C12H17NO6. The van der Waals surface area contributed by atoms with Crippen LogP contribution in [0, 0.1) is 6.92 Å². The monoisotopic (exact) mass is 271 g/mol. The number of carbonyl (C=O) groups is 2. The lowest BCUT2D eigenvalue weighted by Gasteiger charge is -2.11. The normalized spacial score (nSPS) is 11.9. The first-order chi connectivity index (χ1) is 8.90. The molecule has 1 aromatic heterocycles. The van der Waals surface area contributed by atoms with Crippen molar-refractivity contribution >= 4 is 11.9 Å². The quantitative estimate of drug-likeness (QED) is 0.790. The second-order valence-electron chi connectivity index (χ2n) is 4.18. The molecule has 106 valence electrons. The van der Waals surface area contributed by atoms with Gasteiger partial charge in [-0.05, 0) is 27.2 Å². The Hall–Kier alpha value is -2.05. The highest BCUT2D eigenvalue weighted by atomic mass is 16.6. The molecule has 0 saturated carbocycles. The highest BCUT2D eigenvalue weighted by molar-refractivity contribution is 5.75. The third kappa shape index (κ3) is 4.99. The Labute approximate surface area is 109 Å². The van der Waals surface area contributed by atoms with Crippen LogP contribution in [0.25, 0.3) is 0 Å². The molecule has 0 aliphatic rings. The minimum atomic E-state index is -0.809. The van der Waals surface area contributed by atoms with Crippen LogP contribution in [0.3, 0.4) is 0 Å². The molecule has 1 atom stereocenters. The average Bonchev–Trinajstić information content (AvgIpc) is 2.64.